The fourth-order valence-corrected chi connectivity index (χ4v) is 6.06. The Morgan fingerprint density at radius 1 is 0.771 bits per heavy atom. The lowest BCUT2D eigenvalue weighted by Crippen LogP contribution is -2.41. The fourth-order valence-electron chi connectivity index (χ4n) is 3.61. The van der Waals surface area contributed by atoms with Crippen LogP contribution in [0.2, 0.25) is 0 Å². The van der Waals surface area contributed by atoms with Gasteiger partial charge in [-0.15, -0.1) is 0 Å². The minimum absolute atomic E-state index is 0.0577. The predicted octanol–water partition coefficient (Wildman–Crippen LogP) is 9.26. The van der Waals surface area contributed by atoms with Crippen LogP contribution in [-0.2, 0) is 5.92 Å². The molecule has 0 N–H and O–H groups in total. The lowest BCUT2D eigenvalue weighted by Gasteiger charge is -2.32. The van der Waals surface area contributed by atoms with Crippen LogP contribution in [0.25, 0.3) is 0 Å². The summed E-state index contributed by atoms with van der Waals surface area (Å²) in [5, 5.41) is -2.05. The summed E-state index contributed by atoms with van der Waals surface area (Å²) in [6, 6.07) is -0.495. The molecule has 0 aliphatic heterocycles. The van der Waals surface area contributed by atoms with E-state index in [4.69, 9.17) is 0 Å². The normalized spacial score (nSPS) is 16.3. The van der Waals surface area contributed by atoms with Gasteiger partial charge in [0.05, 0.1) is 0 Å². The maximum absolute atomic E-state index is 14.8. The summed E-state index contributed by atoms with van der Waals surface area (Å²) in [4.78, 5) is 0. The van der Waals surface area contributed by atoms with Gasteiger partial charge in [0, 0.05) is 13.2 Å². The number of alkyl halides is 10. The molecule has 1 aromatic carbocycles. The van der Waals surface area contributed by atoms with Crippen LogP contribution in [0, 0.1) is 29.3 Å². The smallest absolute Gasteiger partial charge is 0.206 e. The van der Waals surface area contributed by atoms with Gasteiger partial charge >= 0.3 is 23.9 Å². The van der Waals surface area contributed by atoms with Crippen LogP contribution in [0.5, 0.6) is 0 Å². The molecule has 0 heterocycles. The van der Waals surface area contributed by atoms with Gasteiger partial charge in [0.1, 0.15) is 11.4 Å². The third-order valence-electron chi connectivity index (χ3n) is 5.61. The average Bonchev–Trinajstić information content (AvgIpc) is 2.70. The lowest BCUT2D eigenvalue weighted by atomic mass is 9.92. The summed E-state index contributed by atoms with van der Waals surface area (Å²) in [5.41, 5.74) is -9.05. The van der Waals surface area contributed by atoms with E-state index in [0.717, 1.165) is 12.8 Å². The minimum atomic E-state index is -6.68. The van der Waals surface area contributed by atoms with Crippen LogP contribution in [0.4, 0.5) is 57.1 Å². The molecule has 1 rings (SSSR count). The Morgan fingerprint density at radius 3 is 1.74 bits per heavy atom. The molecule has 0 radical (unpaired) electrons. The second-order valence-corrected chi connectivity index (χ2v) is 10.6. The quantitative estimate of drug-likeness (QED) is 0.145. The highest BCUT2D eigenvalue weighted by Gasteiger charge is 2.65. The monoisotopic (exact) mass is 554 g/mol. The van der Waals surface area contributed by atoms with E-state index in [1.165, 1.54) is 6.92 Å². The van der Waals surface area contributed by atoms with E-state index in [0.29, 0.717) is 12.8 Å². The van der Waals surface area contributed by atoms with Crippen LogP contribution in [0.3, 0.4) is 0 Å². The molecule has 0 fully saturated rings. The van der Waals surface area contributed by atoms with Crippen molar-refractivity contribution in [3.8, 4) is 0 Å². The van der Waals surface area contributed by atoms with Crippen molar-refractivity contribution in [3.05, 3.63) is 29.1 Å². The van der Waals surface area contributed by atoms with Crippen LogP contribution < -0.4 is 5.30 Å². The molecule has 1 aromatic rings. The van der Waals surface area contributed by atoms with E-state index in [1.54, 1.807) is 0 Å². The molecule has 0 saturated carbocycles. The molecule has 0 amide bonds. The summed E-state index contributed by atoms with van der Waals surface area (Å²) in [6.07, 6.45) is -11.6. The van der Waals surface area contributed by atoms with Crippen molar-refractivity contribution in [2.45, 2.75) is 76.8 Å². The van der Waals surface area contributed by atoms with Crippen molar-refractivity contribution in [1.82, 2.24) is 0 Å². The van der Waals surface area contributed by atoms with E-state index >= 15 is 0 Å². The molecule has 0 saturated heterocycles. The third kappa shape index (κ3) is 6.95. The molecule has 0 nitrogen and oxygen atoms in total. The standard InChI is InChI=1S/C21H24F13P/c1-4-6-12(5-2)8-7-11(3)10-35(21(33,34)20(30,31)32)14-9-13(22)16(23)15(17(14)24)18(25,26)19(27,28)29/h9,11-12H,4-8,10H2,1-3H3. The molecule has 0 aromatic heterocycles. The molecule has 0 spiro atoms. The first-order valence-electron chi connectivity index (χ1n) is 10.6. The highest BCUT2D eigenvalue weighted by Crippen LogP contribution is 2.61. The maximum atomic E-state index is 14.8. The molecule has 3 atom stereocenters. The Balaban J connectivity index is 3.64. The summed E-state index contributed by atoms with van der Waals surface area (Å²) in [6.45, 7) is 4.92. The first-order valence-corrected chi connectivity index (χ1v) is 12.1. The maximum Gasteiger partial charge on any atom is 0.458 e. The molecule has 0 aliphatic carbocycles. The Morgan fingerprint density at radius 2 is 1.31 bits per heavy atom. The van der Waals surface area contributed by atoms with Gasteiger partial charge in [-0.3, -0.25) is 0 Å². The van der Waals surface area contributed by atoms with Crippen LogP contribution in [0.1, 0.15) is 58.4 Å². The molecular formula is C21H24F13P. The van der Waals surface area contributed by atoms with Crippen LogP contribution in [0.15, 0.2) is 6.07 Å². The molecule has 0 aliphatic rings. The number of hydrogen-bond donors (Lipinski definition) is 0. The van der Waals surface area contributed by atoms with Crippen molar-refractivity contribution < 1.29 is 57.1 Å². The van der Waals surface area contributed by atoms with Gasteiger partial charge in [-0.25, -0.2) is 13.2 Å². The van der Waals surface area contributed by atoms with Gasteiger partial charge in [0.25, 0.3) is 0 Å². The summed E-state index contributed by atoms with van der Waals surface area (Å²) < 4.78 is 177. The minimum Gasteiger partial charge on any atom is -0.206 e. The Hall–Kier alpha value is -1.26. The predicted molar refractivity (Wildman–Crippen MR) is 106 cm³/mol. The van der Waals surface area contributed by atoms with E-state index in [1.807, 2.05) is 13.8 Å². The van der Waals surface area contributed by atoms with Crippen molar-refractivity contribution in [1.29, 1.82) is 0 Å². The molecule has 204 valence electrons. The second kappa shape index (κ2) is 11.4. The van der Waals surface area contributed by atoms with Crippen LogP contribution >= 0.6 is 7.92 Å². The van der Waals surface area contributed by atoms with Crippen molar-refractivity contribution in [3.63, 3.8) is 0 Å². The fraction of sp³-hybridized carbons (Fsp3) is 0.714. The van der Waals surface area contributed by atoms with Crippen molar-refractivity contribution in [2.24, 2.45) is 11.8 Å². The van der Waals surface area contributed by atoms with Gasteiger partial charge in [-0.2, -0.15) is 43.9 Å². The topological polar surface area (TPSA) is 0 Å². The van der Waals surface area contributed by atoms with Crippen molar-refractivity contribution in [2.75, 3.05) is 6.16 Å². The third-order valence-corrected chi connectivity index (χ3v) is 8.44. The van der Waals surface area contributed by atoms with Gasteiger partial charge in [0.2, 0.25) is 0 Å². The number of benzene rings is 1. The van der Waals surface area contributed by atoms with Gasteiger partial charge in [0.15, 0.2) is 11.6 Å². The molecular weight excluding hydrogens is 530 g/mol. The zero-order valence-corrected chi connectivity index (χ0v) is 19.7. The largest absolute Gasteiger partial charge is 0.458 e. The van der Waals surface area contributed by atoms with E-state index < -0.39 is 78.3 Å². The highest BCUT2D eigenvalue weighted by atomic mass is 31.1. The van der Waals surface area contributed by atoms with Crippen molar-refractivity contribution >= 4 is 13.2 Å². The summed E-state index contributed by atoms with van der Waals surface area (Å²) >= 11 is 0. The SMILES string of the molecule is CCCC(CC)CCC(C)CP(c1cc(F)c(F)c(C(F)(F)C(F)(F)F)c1F)C(F)(F)C(F)(F)F. The van der Waals surface area contributed by atoms with E-state index in [-0.39, 0.29) is 12.3 Å². The van der Waals surface area contributed by atoms with Gasteiger partial charge < -0.3 is 0 Å². The first-order chi connectivity index (χ1) is 15.7. The molecule has 35 heavy (non-hydrogen) atoms. The second-order valence-electron chi connectivity index (χ2n) is 8.35. The van der Waals surface area contributed by atoms with E-state index in [2.05, 4.69) is 0 Å². The average molecular weight is 554 g/mol. The number of hydrogen-bond acceptors (Lipinski definition) is 0. The van der Waals surface area contributed by atoms with Gasteiger partial charge in [-0.05, 0) is 24.1 Å². The zero-order chi connectivity index (χ0) is 27.6. The van der Waals surface area contributed by atoms with Crippen LogP contribution in [-0.4, -0.2) is 24.2 Å². The number of halogens is 13. The Labute approximate surface area is 195 Å². The number of rotatable bonds is 11. The van der Waals surface area contributed by atoms with Gasteiger partial charge in [-0.1, -0.05) is 52.9 Å². The Kier molecular flexibility index (Phi) is 10.4. The lowest BCUT2D eigenvalue weighted by molar-refractivity contribution is -0.291. The molecule has 0 bridgehead atoms. The van der Waals surface area contributed by atoms with E-state index in [9.17, 15) is 57.1 Å². The Bertz CT molecular complexity index is 845. The zero-order valence-electron chi connectivity index (χ0n) is 18.8. The molecule has 3 unspecified atom stereocenters. The summed E-state index contributed by atoms with van der Waals surface area (Å²) in [7, 11) is -4.26. The summed E-state index contributed by atoms with van der Waals surface area (Å²) in [5.74, 6) is -15.9. The first kappa shape index (κ1) is 31.8. The molecule has 14 heteroatoms. The highest BCUT2D eigenvalue weighted by molar-refractivity contribution is 7.66.